The van der Waals surface area contributed by atoms with Gasteiger partial charge in [-0.3, -0.25) is 4.79 Å². The van der Waals surface area contributed by atoms with Crippen molar-refractivity contribution in [2.75, 3.05) is 19.1 Å². The highest BCUT2D eigenvalue weighted by Crippen LogP contribution is 2.32. The predicted octanol–water partition coefficient (Wildman–Crippen LogP) is 2.72. The quantitative estimate of drug-likeness (QED) is 0.676. The van der Waals surface area contributed by atoms with Gasteiger partial charge in [0.15, 0.2) is 0 Å². The molecule has 0 bridgehead atoms. The van der Waals surface area contributed by atoms with Crippen LogP contribution in [0.1, 0.15) is 32.1 Å². The summed E-state index contributed by atoms with van der Waals surface area (Å²) in [6.07, 6.45) is 8.38. The third-order valence-corrected chi connectivity index (χ3v) is 3.76. The molecule has 0 spiro atoms. The van der Waals surface area contributed by atoms with Crippen molar-refractivity contribution in [3.8, 4) is 0 Å². The molecule has 1 aliphatic rings. The summed E-state index contributed by atoms with van der Waals surface area (Å²) in [4.78, 5) is 11.6. The number of hydrogen-bond acceptors (Lipinski definition) is 3. The second-order valence-corrected chi connectivity index (χ2v) is 4.89. The molecular weight excluding hydrogens is 196 g/mol. The third kappa shape index (κ3) is 3.19. The van der Waals surface area contributed by atoms with E-state index in [0.717, 1.165) is 5.75 Å². The van der Waals surface area contributed by atoms with Crippen LogP contribution in [0.3, 0.4) is 0 Å². The van der Waals surface area contributed by atoms with E-state index in [-0.39, 0.29) is 11.9 Å². The molecule has 1 rings (SSSR count). The van der Waals surface area contributed by atoms with E-state index >= 15 is 0 Å². The fourth-order valence-electron chi connectivity index (χ4n) is 2.26. The van der Waals surface area contributed by atoms with E-state index in [9.17, 15) is 4.79 Å². The molecule has 2 nitrogen and oxygen atoms in total. The van der Waals surface area contributed by atoms with Crippen LogP contribution in [0.15, 0.2) is 0 Å². The average Bonchev–Trinajstić information content (AvgIpc) is 2.26. The van der Waals surface area contributed by atoms with Gasteiger partial charge >= 0.3 is 5.97 Å². The Morgan fingerprint density at radius 3 is 2.57 bits per heavy atom. The summed E-state index contributed by atoms with van der Waals surface area (Å²) in [6, 6.07) is 0. The van der Waals surface area contributed by atoms with Gasteiger partial charge in [-0.15, -0.1) is 0 Å². The zero-order valence-electron chi connectivity index (χ0n) is 9.12. The van der Waals surface area contributed by atoms with Gasteiger partial charge in [-0.25, -0.2) is 0 Å². The van der Waals surface area contributed by atoms with Crippen molar-refractivity contribution in [2.24, 2.45) is 11.8 Å². The molecule has 0 heterocycles. The van der Waals surface area contributed by atoms with Gasteiger partial charge in [0, 0.05) is 5.75 Å². The summed E-state index contributed by atoms with van der Waals surface area (Å²) < 4.78 is 4.87. The van der Waals surface area contributed by atoms with Crippen LogP contribution in [0.4, 0.5) is 0 Å². The highest BCUT2D eigenvalue weighted by Gasteiger charge is 2.29. The van der Waals surface area contributed by atoms with Crippen LogP contribution in [0.2, 0.25) is 0 Å². The predicted molar refractivity (Wildman–Crippen MR) is 60.5 cm³/mol. The Balaban J connectivity index is 2.50. The van der Waals surface area contributed by atoms with Gasteiger partial charge in [-0.2, -0.15) is 11.8 Å². The Bertz CT molecular complexity index is 176. The van der Waals surface area contributed by atoms with Gasteiger partial charge in [0.1, 0.15) is 0 Å². The average molecular weight is 216 g/mol. The molecular formula is C11H20O2S. The van der Waals surface area contributed by atoms with Crippen molar-refractivity contribution in [2.45, 2.75) is 32.1 Å². The normalized spacial score (nSPS) is 20.4. The van der Waals surface area contributed by atoms with E-state index in [1.54, 1.807) is 11.8 Å². The van der Waals surface area contributed by atoms with Crippen LogP contribution in [0.5, 0.6) is 0 Å². The Hall–Kier alpha value is -0.180. The molecule has 0 aromatic carbocycles. The van der Waals surface area contributed by atoms with E-state index < -0.39 is 0 Å². The Morgan fingerprint density at radius 1 is 1.43 bits per heavy atom. The fraction of sp³-hybridized carbons (Fsp3) is 0.909. The molecule has 3 heteroatoms. The molecule has 1 saturated carbocycles. The van der Waals surface area contributed by atoms with E-state index in [1.807, 2.05) is 0 Å². The van der Waals surface area contributed by atoms with Crippen molar-refractivity contribution >= 4 is 17.7 Å². The minimum absolute atomic E-state index is 0.00810. The number of hydrogen-bond donors (Lipinski definition) is 0. The Morgan fingerprint density at radius 2 is 2.07 bits per heavy atom. The smallest absolute Gasteiger partial charge is 0.309 e. The molecule has 1 fully saturated rings. The summed E-state index contributed by atoms with van der Waals surface area (Å²) in [5, 5.41) is 0. The third-order valence-electron chi connectivity index (χ3n) is 3.07. The zero-order valence-corrected chi connectivity index (χ0v) is 9.94. The van der Waals surface area contributed by atoms with Gasteiger partial charge < -0.3 is 4.74 Å². The van der Waals surface area contributed by atoms with Crippen LogP contribution >= 0.6 is 11.8 Å². The highest BCUT2D eigenvalue weighted by molar-refractivity contribution is 7.98. The van der Waals surface area contributed by atoms with E-state index in [1.165, 1.54) is 39.2 Å². The number of carbonyl (C=O) groups excluding carboxylic acids is 1. The van der Waals surface area contributed by atoms with E-state index in [2.05, 4.69) is 6.26 Å². The van der Waals surface area contributed by atoms with Crippen molar-refractivity contribution in [1.29, 1.82) is 0 Å². The summed E-state index contributed by atoms with van der Waals surface area (Å²) in [5.41, 5.74) is 0. The molecule has 0 aliphatic heterocycles. The minimum Gasteiger partial charge on any atom is -0.469 e. The number of methoxy groups -OCH3 is 1. The number of rotatable bonds is 4. The molecule has 0 radical (unpaired) electrons. The molecule has 82 valence electrons. The number of ether oxygens (including phenoxy) is 1. The molecule has 0 aromatic heterocycles. The second kappa shape index (κ2) is 6.33. The standard InChI is InChI=1S/C11H20O2S/c1-13-11(12)10(8-14-2)9-6-4-3-5-7-9/h9-10H,3-8H2,1-2H3. The van der Waals surface area contributed by atoms with E-state index in [4.69, 9.17) is 4.74 Å². The monoisotopic (exact) mass is 216 g/mol. The summed E-state index contributed by atoms with van der Waals surface area (Å²) in [6.45, 7) is 0. The van der Waals surface area contributed by atoms with Crippen molar-refractivity contribution < 1.29 is 9.53 Å². The molecule has 0 N–H and O–H groups in total. The summed E-state index contributed by atoms with van der Waals surface area (Å²) in [7, 11) is 1.50. The van der Waals surface area contributed by atoms with Crippen LogP contribution in [0, 0.1) is 11.8 Å². The van der Waals surface area contributed by atoms with Crippen molar-refractivity contribution in [3.63, 3.8) is 0 Å². The molecule has 14 heavy (non-hydrogen) atoms. The lowest BCUT2D eigenvalue weighted by atomic mass is 9.81. The topological polar surface area (TPSA) is 26.3 Å². The minimum atomic E-state index is -0.00810. The lowest BCUT2D eigenvalue weighted by Gasteiger charge is -2.27. The van der Waals surface area contributed by atoms with Crippen molar-refractivity contribution in [3.05, 3.63) is 0 Å². The SMILES string of the molecule is COC(=O)C(CSC)C1CCCCC1. The van der Waals surface area contributed by atoms with Gasteiger partial charge in [0.05, 0.1) is 13.0 Å². The van der Waals surface area contributed by atoms with Gasteiger partial charge in [-0.05, 0) is 25.0 Å². The van der Waals surface area contributed by atoms with E-state index in [0.29, 0.717) is 5.92 Å². The zero-order chi connectivity index (χ0) is 10.4. The maximum Gasteiger partial charge on any atom is 0.309 e. The summed E-state index contributed by atoms with van der Waals surface area (Å²) in [5.74, 6) is 1.61. The first kappa shape index (κ1) is 11.9. The first-order valence-electron chi connectivity index (χ1n) is 5.36. The van der Waals surface area contributed by atoms with Gasteiger partial charge in [-0.1, -0.05) is 19.3 Å². The van der Waals surface area contributed by atoms with Crippen LogP contribution in [-0.4, -0.2) is 25.1 Å². The Labute approximate surface area is 90.8 Å². The fourth-order valence-corrected chi connectivity index (χ4v) is 3.03. The van der Waals surface area contributed by atoms with Crippen LogP contribution in [-0.2, 0) is 9.53 Å². The second-order valence-electron chi connectivity index (χ2n) is 3.98. The van der Waals surface area contributed by atoms with Crippen molar-refractivity contribution in [1.82, 2.24) is 0 Å². The first-order chi connectivity index (χ1) is 6.79. The number of esters is 1. The highest BCUT2D eigenvalue weighted by atomic mass is 32.2. The first-order valence-corrected chi connectivity index (χ1v) is 6.75. The maximum absolute atomic E-state index is 11.6. The molecule has 0 saturated heterocycles. The molecule has 1 unspecified atom stereocenters. The lowest BCUT2D eigenvalue weighted by molar-refractivity contribution is -0.146. The maximum atomic E-state index is 11.6. The summed E-state index contributed by atoms with van der Waals surface area (Å²) >= 11 is 1.75. The molecule has 1 atom stereocenters. The van der Waals surface area contributed by atoms with Gasteiger partial charge in [0.2, 0.25) is 0 Å². The van der Waals surface area contributed by atoms with Gasteiger partial charge in [0.25, 0.3) is 0 Å². The number of thioether (sulfide) groups is 1. The molecule has 1 aliphatic carbocycles. The van der Waals surface area contributed by atoms with Crippen LogP contribution < -0.4 is 0 Å². The molecule has 0 aromatic rings. The molecule has 0 amide bonds. The lowest BCUT2D eigenvalue weighted by Crippen LogP contribution is -2.28. The largest absolute Gasteiger partial charge is 0.469 e. The Kier molecular flexibility index (Phi) is 5.38. The van der Waals surface area contributed by atoms with Crippen LogP contribution in [0.25, 0.3) is 0 Å². The number of carbonyl (C=O) groups is 1.